The standard InChI is InChI=1S/C14H11O3PS2/c15-13-14(17-18(19,20)16-13,11-7-3-1-4-8-11)12-9-5-2-6-10-12/h1-10H,(H,19,20). The molecule has 2 aromatic rings. The molecular weight excluding hydrogens is 311 g/mol. The zero-order chi connectivity index (χ0) is 14.2. The van der Waals surface area contributed by atoms with Gasteiger partial charge in [0.25, 0.3) is 5.69 Å². The van der Waals surface area contributed by atoms with E-state index >= 15 is 0 Å². The first-order valence-electron chi connectivity index (χ1n) is 5.93. The largest absolute Gasteiger partial charge is 0.401 e. The summed E-state index contributed by atoms with van der Waals surface area (Å²) in [6.07, 6.45) is 0. The molecule has 6 heteroatoms. The van der Waals surface area contributed by atoms with Crippen LogP contribution < -0.4 is 0 Å². The number of hydrogen-bond donors (Lipinski definition) is 1. The maximum Gasteiger partial charge on any atom is 0.353 e. The molecule has 102 valence electrons. The number of thiol groups is 1. The molecule has 20 heavy (non-hydrogen) atoms. The first-order chi connectivity index (χ1) is 9.55. The highest BCUT2D eigenvalue weighted by Gasteiger charge is 2.55. The van der Waals surface area contributed by atoms with Crippen LogP contribution in [0.1, 0.15) is 11.1 Å². The van der Waals surface area contributed by atoms with E-state index in [2.05, 4.69) is 12.2 Å². The second-order valence-corrected chi connectivity index (χ2v) is 9.49. The molecule has 1 heterocycles. The van der Waals surface area contributed by atoms with E-state index < -0.39 is 17.3 Å². The normalized spacial score (nSPS) is 24.4. The monoisotopic (exact) mass is 322 g/mol. The van der Waals surface area contributed by atoms with Gasteiger partial charge in [-0.3, -0.25) is 4.52 Å². The maximum absolute atomic E-state index is 12.5. The molecule has 0 amide bonds. The van der Waals surface area contributed by atoms with Crippen LogP contribution in [0.25, 0.3) is 0 Å². The summed E-state index contributed by atoms with van der Waals surface area (Å²) < 4.78 is 11.0. The SMILES string of the molecule is O=C1OP(=S)(S)OC1(c1ccccc1)c1ccccc1. The fraction of sp³-hybridized carbons (Fsp3) is 0.0714. The van der Waals surface area contributed by atoms with Crippen molar-refractivity contribution in [1.82, 2.24) is 0 Å². The van der Waals surface area contributed by atoms with Gasteiger partial charge in [0.15, 0.2) is 0 Å². The third-order valence-electron chi connectivity index (χ3n) is 3.10. The molecule has 3 rings (SSSR count). The number of carbonyl (C=O) groups is 1. The summed E-state index contributed by atoms with van der Waals surface area (Å²) in [7, 11) is 0. The molecule has 1 aliphatic heterocycles. The Labute approximate surface area is 127 Å². The van der Waals surface area contributed by atoms with Gasteiger partial charge >= 0.3 is 5.97 Å². The molecule has 3 nitrogen and oxygen atoms in total. The lowest BCUT2D eigenvalue weighted by Crippen LogP contribution is -2.34. The number of hydrogen-bond acceptors (Lipinski definition) is 4. The molecule has 0 aliphatic carbocycles. The lowest BCUT2D eigenvalue weighted by Gasteiger charge is -2.25. The van der Waals surface area contributed by atoms with E-state index in [1.54, 1.807) is 0 Å². The number of carbonyl (C=O) groups excluding carboxylic acids is 1. The molecule has 1 saturated heterocycles. The van der Waals surface area contributed by atoms with Crippen molar-refractivity contribution in [3.63, 3.8) is 0 Å². The van der Waals surface area contributed by atoms with E-state index in [1.807, 2.05) is 60.7 Å². The van der Waals surface area contributed by atoms with E-state index in [9.17, 15) is 4.79 Å². The Morgan fingerprint density at radius 1 is 0.950 bits per heavy atom. The lowest BCUT2D eigenvalue weighted by atomic mass is 9.86. The summed E-state index contributed by atoms with van der Waals surface area (Å²) in [5.41, 5.74) is -2.81. The van der Waals surface area contributed by atoms with E-state index in [-0.39, 0.29) is 0 Å². The Bertz CT molecular complexity index is 649. The van der Waals surface area contributed by atoms with Crippen LogP contribution in [0.5, 0.6) is 0 Å². The molecule has 1 fully saturated rings. The first kappa shape index (κ1) is 13.8. The van der Waals surface area contributed by atoms with Crippen molar-refractivity contribution in [1.29, 1.82) is 0 Å². The average Bonchev–Trinajstić information content (AvgIpc) is 2.71. The molecule has 1 aliphatic rings. The Hall–Kier alpha value is -1.13. The Kier molecular flexibility index (Phi) is 3.46. The fourth-order valence-corrected chi connectivity index (χ4v) is 4.39. The number of benzene rings is 2. The minimum atomic E-state index is -2.87. The Morgan fingerprint density at radius 3 is 1.75 bits per heavy atom. The second kappa shape index (κ2) is 5.01. The molecule has 0 spiro atoms. The molecule has 0 N–H and O–H groups in total. The van der Waals surface area contributed by atoms with Gasteiger partial charge < -0.3 is 4.52 Å². The summed E-state index contributed by atoms with van der Waals surface area (Å²) in [4.78, 5) is 12.5. The van der Waals surface area contributed by atoms with Crippen LogP contribution in [0.4, 0.5) is 0 Å². The lowest BCUT2D eigenvalue weighted by molar-refractivity contribution is -0.141. The quantitative estimate of drug-likeness (QED) is 0.676. The van der Waals surface area contributed by atoms with Crippen LogP contribution in [0, 0.1) is 0 Å². The van der Waals surface area contributed by atoms with Crippen LogP contribution in [0.2, 0.25) is 0 Å². The molecule has 0 aromatic heterocycles. The predicted octanol–water partition coefficient (Wildman–Crippen LogP) is 3.66. The Morgan fingerprint density at radius 2 is 1.40 bits per heavy atom. The molecule has 1 atom stereocenters. The van der Waals surface area contributed by atoms with Crippen molar-refractivity contribution in [3.05, 3.63) is 71.8 Å². The molecular formula is C14H11O3PS2. The van der Waals surface area contributed by atoms with Gasteiger partial charge in [-0.05, 0) is 11.8 Å². The summed E-state index contributed by atoms with van der Waals surface area (Å²) >= 11 is 9.33. The third kappa shape index (κ3) is 2.21. The van der Waals surface area contributed by atoms with Gasteiger partial charge in [0.1, 0.15) is 0 Å². The molecule has 2 aromatic carbocycles. The van der Waals surface area contributed by atoms with E-state index in [1.165, 1.54) is 0 Å². The van der Waals surface area contributed by atoms with E-state index in [0.29, 0.717) is 11.1 Å². The van der Waals surface area contributed by atoms with Crippen molar-refractivity contribution < 1.29 is 13.8 Å². The highest BCUT2D eigenvalue weighted by atomic mass is 32.9. The smallest absolute Gasteiger partial charge is 0.353 e. The summed E-state index contributed by atoms with van der Waals surface area (Å²) in [6.45, 7) is 0. The molecule has 0 bridgehead atoms. The summed E-state index contributed by atoms with van der Waals surface area (Å²) in [6, 6.07) is 18.4. The highest BCUT2D eigenvalue weighted by Crippen LogP contribution is 2.65. The van der Waals surface area contributed by atoms with Gasteiger partial charge in [-0.25, -0.2) is 4.79 Å². The third-order valence-corrected chi connectivity index (χ3v) is 4.94. The van der Waals surface area contributed by atoms with Crippen molar-refractivity contribution in [2.24, 2.45) is 0 Å². The van der Waals surface area contributed by atoms with Crippen LogP contribution in [-0.4, -0.2) is 5.97 Å². The van der Waals surface area contributed by atoms with E-state index in [4.69, 9.17) is 20.9 Å². The van der Waals surface area contributed by atoms with Gasteiger partial charge in [0, 0.05) is 11.1 Å². The highest BCUT2D eigenvalue weighted by molar-refractivity contribution is 8.60. The Balaban J connectivity index is 2.25. The first-order valence-corrected chi connectivity index (χ1v) is 9.72. The molecule has 0 radical (unpaired) electrons. The van der Waals surface area contributed by atoms with Crippen LogP contribution in [-0.2, 0) is 31.2 Å². The van der Waals surface area contributed by atoms with Crippen molar-refractivity contribution in [2.45, 2.75) is 5.60 Å². The average molecular weight is 322 g/mol. The second-order valence-electron chi connectivity index (χ2n) is 4.35. The van der Waals surface area contributed by atoms with Crippen LogP contribution >= 0.6 is 17.9 Å². The molecule has 1 unspecified atom stereocenters. The van der Waals surface area contributed by atoms with Gasteiger partial charge in [-0.1, -0.05) is 72.9 Å². The minimum Gasteiger partial charge on any atom is -0.401 e. The van der Waals surface area contributed by atoms with E-state index in [0.717, 1.165) is 0 Å². The van der Waals surface area contributed by atoms with Crippen molar-refractivity contribution in [2.75, 3.05) is 0 Å². The zero-order valence-corrected chi connectivity index (χ0v) is 12.9. The summed E-state index contributed by atoms with van der Waals surface area (Å²) in [5.74, 6) is -0.506. The minimum absolute atomic E-state index is 0.506. The summed E-state index contributed by atoms with van der Waals surface area (Å²) in [5, 5.41) is 0. The van der Waals surface area contributed by atoms with Crippen LogP contribution in [0.15, 0.2) is 60.7 Å². The van der Waals surface area contributed by atoms with Crippen molar-refractivity contribution >= 4 is 35.7 Å². The van der Waals surface area contributed by atoms with Gasteiger partial charge in [0.2, 0.25) is 5.60 Å². The molecule has 0 saturated carbocycles. The van der Waals surface area contributed by atoms with Gasteiger partial charge in [-0.2, -0.15) is 0 Å². The maximum atomic E-state index is 12.5. The van der Waals surface area contributed by atoms with Gasteiger partial charge in [-0.15, -0.1) is 0 Å². The van der Waals surface area contributed by atoms with Gasteiger partial charge in [0.05, 0.1) is 0 Å². The zero-order valence-electron chi connectivity index (χ0n) is 10.3. The fourth-order valence-electron chi connectivity index (χ4n) is 2.25. The predicted molar refractivity (Wildman–Crippen MR) is 84.1 cm³/mol. The van der Waals surface area contributed by atoms with Crippen LogP contribution in [0.3, 0.4) is 0 Å². The van der Waals surface area contributed by atoms with Crippen molar-refractivity contribution in [3.8, 4) is 0 Å². The number of rotatable bonds is 2. The topological polar surface area (TPSA) is 35.5 Å².